The molecule has 0 saturated heterocycles. The summed E-state index contributed by atoms with van der Waals surface area (Å²) in [4.78, 5) is 0. The van der Waals surface area contributed by atoms with Crippen LogP contribution in [-0.4, -0.2) is 17.3 Å². The molecule has 0 atom stereocenters. The first-order chi connectivity index (χ1) is 8.06. The summed E-state index contributed by atoms with van der Waals surface area (Å²) in [7, 11) is 0. The Morgan fingerprint density at radius 1 is 1.41 bits per heavy atom. The van der Waals surface area contributed by atoms with Gasteiger partial charge < -0.3 is 10.4 Å². The molecule has 0 amide bonds. The molecule has 1 aromatic carbocycles. The summed E-state index contributed by atoms with van der Waals surface area (Å²) in [5.41, 5.74) is 0.755. The van der Waals surface area contributed by atoms with E-state index >= 15 is 0 Å². The van der Waals surface area contributed by atoms with Crippen molar-refractivity contribution in [3.63, 3.8) is 0 Å². The van der Waals surface area contributed by atoms with E-state index in [1.165, 1.54) is 0 Å². The molecule has 2 nitrogen and oxygen atoms in total. The minimum atomic E-state index is -0.167. The van der Waals surface area contributed by atoms with E-state index in [0.29, 0.717) is 16.9 Å². The van der Waals surface area contributed by atoms with Gasteiger partial charge in [0.05, 0.1) is 22.9 Å². The summed E-state index contributed by atoms with van der Waals surface area (Å²) in [6.45, 7) is 4.64. The van der Waals surface area contributed by atoms with E-state index in [2.05, 4.69) is 19.2 Å². The van der Waals surface area contributed by atoms with Gasteiger partial charge in [0.25, 0.3) is 0 Å². The van der Waals surface area contributed by atoms with Crippen molar-refractivity contribution in [1.82, 2.24) is 0 Å². The molecule has 0 heterocycles. The van der Waals surface area contributed by atoms with E-state index < -0.39 is 0 Å². The summed E-state index contributed by atoms with van der Waals surface area (Å²) in [5, 5.41) is 13.7. The summed E-state index contributed by atoms with van der Waals surface area (Å²) in [6, 6.07) is 7.70. The maximum Gasteiger partial charge on any atom is 0.0661 e. The standard InChI is InChI=1S/C14H20ClNO/c1-10(2)11-7-14(8-11,9-17)16-13-6-4-3-5-12(13)15/h3-6,10-11,16-17H,7-9H2,1-2H3. The molecule has 0 aromatic heterocycles. The predicted octanol–water partition coefficient (Wildman–Crippen LogP) is 3.55. The van der Waals surface area contributed by atoms with Gasteiger partial charge in [-0.25, -0.2) is 0 Å². The Balaban J connectivity index is 2.05. The maximum absolute atomic E-state index is 9.58. The summed E-state index contributed by atoms with van der Waals surface area (Å²) in [6.07, 6.45) is 2.04. The lowest BCUT2D eigenvalue weighted by atomic mass is 9.64. The van der Waals surface area contributed by atoms with E-state index in [9.17, 15) is 5.11 Å². The van der Waals surface area contributed by atoms with Crippen molar-refractivity contribution >= 4 is 17.3 Å². The zero-order valence-corrected chi connectivity index (χ0v) is 11.2. The average Bonchev–Trinajstić information content (AvgIpc) is 2.25. The molecule has 0 radical (unpaired) electrons. The second kappa shape index (κ2) is 4.87. The van der Waals surface area contributed by atoms with Crippen molar-refractivity contribution in [2.24, 2.45) is 11.8 Å². The normalized spacial score (nSPS) is 27.9. The lowest BCUT2D eigenvalue weighted by molar-refractivity contribution is 0.0648. The molecule has 0 spiro atoms. The zero-order chi connectivity index (χ0) is 12.5. The molecule has 94 valence electrons. The molecule has 0 aliphatic heterocycles. The summed E-state index contributed by atoms with van der Waals surface area (Å²) in [5.74, 6) is 1.39. The van der Waals surface area contributed by atoms with Gasteiger partial charge in [-0.1, -0.05) is 37.6 Å². The van der Waals surface area contributed by atoms with Gasteiger partial charge in [-0.15, -0.1) is 0 Å². The largest absolute Gasteiger partial charge is 0.394 e. The highest BCUT2D eigenvalue weighted by molar-refractivity contribution is 6.33. The fraction of sp³-hybridized carbons (Fsp3) is 0.571. The van der Waals surface area contributed by atoms with Crippen LogP contribution in [-0.2, 0) is 0 Å². The monoisotopic (exact) mass is 253 g/mol. The number of nitrogens with one attached hydrogen (secondary N) is 1. The van der Waals surface area contributed by atoms with Crippen LogP contribution < -0.4 is 5.32 Å². The number of rotatable bonds is 4. The van der Waals surface area contributed by atoms with Gasteiger partial charge in [-0.05, 0) is 36.8 Å². The zero-order valence-electron chi connectivity index (χ0n) is 10.4. The second-order valence-electron chi connectivity index (χ2n) is 5.46. The van der Waals surface area contributed by atoms with Crippen LogP contribution in [0.2, 0.25) is 5.02 Å². The van der Waals surface area contributed by atoms with Gasteiger partial charge in [-0.3, -0.25) is 0 Å². The maximum atomic E-state index is 9.58. The number of para-hydroxylation sites is 1. The topological polar surface area (TPSA) is 32.3 Å². The molecule has 1 aliphatic carbocycles. The smallest absolute Gasteiger partial charge is 0.0661 e. The van der Waals surface area contributed by atoms with E-state index in [1.807, 2.05) is 24.3 Å². The first-order valence-electron chi connectivity index (χ1n) is 6.20. The van der Waals surface area contributed by atoms with Crippen LogP contribution in [0.25, 0.3) is 0 Å². The Morgan fingerprint density at radius 3 is 2.59 bits per heavy atom. The van der Waals surface area contributed by atoms with Gasteiger partial charge in [0.15, 0.2) is 0 Å². The molecule has 1 fully saturated rings. The molecule has 1 aromatic rings. The first-order valence-corrected chi connectivity index (χ1v) is 6.58. The molecular formula is C14H20ClNO. The lowest BCUT2D eigenvalue weighted by Crippen LogP contribution is -2.54. The van der Waals surface area contributed by atoms with Gasteiger partial charge >= 0.3 is 0 Å². The van der Waals surface area contributed by atoms with E-state index in [1.54, 1.807) is 0 Å². The third kappa shape index (κ3) is 2.58. The Hall–Kier alpha value is -0.730. The Morgan fingerprint density at radius 2 is 2.06 bits per heavy atom. The number of benzene rings is 1. The highest BCUT2D eigenvalue weighted by Gasteiger charge is 2.44. The highest BCUT2D eigenvalue weighted by atomic mass is 35.5. The number of anilines is 1. The Labute approximate surface area is 108 Å². The molecular weight excluding hydrogens is 234 g/mol. The Bertz CT molecular complexity index is 386. The fourth-order valence-corrected chi connectivity index (χ4v) is 2.72. The fourth-order valence-electron chi connectivity index (χ4n) is 2.53. The van der Waals surface area contributed by atoms with E-state index in [0.717, 1.165) is 18.5 Å². The van der Waals surface area contributed by atoms with Crippen molar-refractivity contribution in [3.05, 3.63) is 29.3 Å². The molecule has 3 heteroatoms. The quantitative estimate of drug-likeness (QED) is 0.860. The molecule has 0 unspecified atom stereocenters. The molecule has 1 saturated carbocycles. The average molecular weight is 254 g/mol. The number of hydrogen-bond acceptors (Lipinski definition) is 2. The minimum absolute atomic E-state index is 0.167. The lowest BCUT2D eigenvalue weighted by Gasteiger charge is -2.49. The van der Waals surface area contributed by atoms with Crippen LogP contribution >= 0.6 is 11.6 Å². The number of hydrogen-bond donors (Lipinski definition) is 2. The van der Waals surface area contributed by atoms with Crippen molar-refractivity contribution in [2.45, 2.75) is 32.2 Å². The van der Waals surface area contributed by atoms with Crippen LogP contribution in [0.4, 0.5) is 5.69 Å². The number of halogens is 1. The van der Waals surface area contributed by atoms with Crippen molar-refractivity contribution < 1.29 is 5.11 Å². The van der Waals surface area contributed by atoms with E-state index in [4.69, 9.17) is 11.6 Å². The molecule has 1 aliphatic rings. The first kappa shape index (κ1) is 12.7. The van der Waals surface area contributed by atoms with Gasteiger partial charge in [0.1, 0.15) is 0 Å². The van der Waals surface area contributed by atoms with Crippen molar-refractivity contribution in [1.29, 1.82) is 0 Å². The van der Waals surface area contributed by atoms with Crippen LogP contribution in [0, 0.1) is 11.8 Å². The molecule has 2 N–H and O–H groups in total. The van der Waals surface area contributed by atoms with Crippen LogP contribution in [0.1, 0.15) is 26.7 Å². The van der Waals surface area contributed by atoms with Gasteiger partial charge in [0.2, 0.25) is 0 Å². The molecule has 17 heavy (non-hydrogen) atoms. The SMILES string of the molecule is CC(C)C1CC(CO)(Nc2ccccc2Cl)C1. The summed E-state index contributed by atoms with van der Waals surface area (Å²) >= 11 is 6.12. The summed E-state index contributed by atoms with van der Waals surface area (Å²) < 4.78 is 0. The van der Waals surface area contributed by atoms with Crippen molar-refractivity contribution in [2.75, 3.05) is 11.9 Å². The van der Waals surface area contributed by atoms with Crippen molar-refractivity contribution in [3.8, 4) is 0 Å². The third-order valence-corrected chi connectivity index (χ3v) is 4.15. The number of aliphatic hydroxyl groups excluding tert-OH is 1. The minimum Gasteiger partial charge on any atom is -0.394 e. The number of aliphatic hydroxyl groups is 1. The van der Waals surface area contributed by atoms with Crippen LogP contribution in [0.15, 0.2) is 24.3 Å². The highest BCUT2D eigenvalue weighted by Crippen LogP contribution is 2.44. The third-order valence-electron chi connectivity index (χ3n) is 3.83. The van der Waals surface area contributed by atoms with Crippen LogP contribution in [0.5, 0.6) is 0 Å². The molecule has 2 rings (SSSR count). The second-order valence-corrected chi connectivity index (χ2v) is 5.86. The predicted molar refractivity (Wildman–Crippen MR) is 72.5 cm³/mol. The van der Waals surface area contributed by atoms with Crippen LogP contribution in [0.3, 0.4) is 0 Å². The van der Waals surface area contributed by atoms with Gasteiger partial charge in [-0.2, -0.15) is 0 Å². The van der Waals surface area contributed by atoms with E-state index in [-0.39, 0.29) is 12.1 Å². The van der Waals surface area contributed by atoms with Gasteiger partial charge in [0, 0.05) is 0 Å². The Kier molecular flexibility index (Phi) is 3.64. The molecule has 0 bridgehead atoms.